The Morgan fingerprint density at radius 2 is 1.80 bits per heavy atom. The normalized spacial score (nSPS) is 11.1. The van der Waals surface area contributed by atoms with Crippen LogP contribution in [0.1, 0.15) is 12.5 Å². The molecule has 0 aliphatic heterocycles. The highest BCUT2D eigenvalue weighted by Gasteiger charge is 2.18. The van der Waals surface area contributed by atoms with Crippen molar-refractivity contribution in [3.63, 3.8) is 0 Å². The lowest BCUT2D eigenvalue weighted by Gasteiger charge is -2.14. The Bertz CT molecular complexity index is 782. The fourth-order valence-electron chi connectivity index (χ4n) is 1.83. The minimum Gasteiger partial charge on any atom is -0.482 e. The Hall–Kier alpha value is -2.85. The summed E-state index contributed by atoms with van der Waals surface area (Å²) in [6, 6.07) is 15.3. The maximum atomic E-state index is 12.0. The van der Waals surface area contributed by atoms with Crippen molar-refractivity contribution in [2.24, 2.45) is 0 Å². The van der Waals surface area contributed by atoms with Crippen LogP contribution in [0.5, 0.6) is 5.75 Å². The van der Waals surface area contributed by atoms with Crippen LogP contribution < -0.4 is 10.1 Å². The molecule has 0 bridgehead atoms. The predicted octanol–water partition coefficient (Wildman–Crippen LogP) is 3.27. The molecule has 6 nitrogen and oxygen atoms in total. The van der Waals surface area contributed by atoms with Crippen LogP contribution in [0.25, 0.3) is 0 Å². The van der Waals surface area contributed by atoms with Gasteiger partial charge in [-0.2, -0.15) is 5.26 Å². The Morgan fingerprint density at radius 3 is 2.40 bits per heavy atom. The maximum absolute atomic E-state index is 12.0. The fraction of sp³-hybridized carbons (Fsp3) is 0.167. The van der Waals surface area contributed by atoms with Crippen molar-refractivity contribution in [1.82, 2.24) is 0 Å². The zero-order chi connectivity index (χ0) is 18.2. The van der Waals surface area contributed by atoms with E-state index in [0.717, 1.165) is 4.47 Å². The lowest BCUT2D eigenvalue weighted by atomic mass is 10.2. The van der Waals surface area contributed by atoms with Gasteiger partial charge in [0, 0.05) is 10.2 Å². The highest BCUT2D eigenvalue weighted by Crippen LogP contribution is 2.15. The van der Waals surface area contributed by atoms with Crippen LogP contribution in [-0.4, -0.2) is 24.6 Å². The number of anilines is 1. The highest BCUT2D eigenvalue weighted by molar-refractivity contribution is 9.10. The summed E-state index contributed by atoms with van der Waals surface area (Å²) in [7, 11) is 0. The van der Waals surface area contributed by atoms with E-state index >= 15 is 0 Å². The van der Waals surface area contributed by atoms with E-state index in [1.54, 1.807) is 48.5 Å². The molecule has 0 aliphatic rings. The van der Waals surface area contributed by atoms with Crippen molar-refractivity contribution in [3.05, 3.63) is 58.6 Å². The third kappa shape index (κ3) is 5.94. The zero-order valence-corrected chi connectivity index (χ0v) is 14.9. The van der Waals surface area contributed by atoms with E-state index in [9.17, 15) is 9.59 Å². The minimum absolute atomic E-state index is 0.332. The summed E-state index contributed by atoms with van der Waals surface area (Å²) in [6.45, 7) is 1.15. The van der Waals surface area contributed by atoms with Gasteiger partial charge in [0.15, 0.2) is 12.7 Å². The Labute approximate surface area is 153 Å². The number of ether oxygens (including phenoxy) is 2. The number of halogens is 1. The standard InChI is InChI=1S/C18H15BrN2O4/c1-12(18(23)21-15-6-4-14(19)5-7-15)25-17(22)11-24-16-8-2-13(10-20)3-9-16/h2-9,12H,11H2,1H3,(H,21,23). The first-order valence-corrected chi connectivity index (χ1v) is 8.16. The third-order valence-electron chi connectivity index (χ3n) is 3.13. The number of nitriles is 1. The molecule has 0 fully saturated rings. The summed E-state index contributed by atoms with van der Waals surface area (Å²) in [5.41, 5.74) is 1.10. The number of nitrogens with zero attached hydrogens (tertiary/aromatic N) is 1. The molecule has 0 aliphatic carbocycles. The molecule has 1 atom stereocenters. The summed E-state index contributed by atoms with van der Waals surface area (Å²) < 4.78 is 11.2. The van der Waals surface area contributed by atoms with Crippen molar-refractivity contribution < 1.29 is 19.1 Å². The average molecular weight is 403 g/mol. The van der Waals surface area contributed by atoms with E-state index in [4.69, 9.17) is 14.7 Å². The van der Waals surface area contributed by atoms with Gasteiger partial charge in [-0.25, -0.2) is 4.79 Å². The van der Waals surface area contributed by atoms with E-state index in [0.29, 0.717) is 17.0 Å². The molecule has 7 heteroatoms. The van der Waals surface area contributed by atoms with Gasteiger partial charge < -0.3 is 14.8 Å². The monoisotopic (exact) mass is 402 g/mol. The summed E-state index contributed by atoms with van der Waals surface area (Å²) >= 11 is 3.31. The van der Waals surface area contributed by atoms with Gasteiger partial charge in [-0.3, -0.25) is 4.79 Å². The van der Waals surface area contributed by atoms with Gasteiger partial charge in [0.05, 0.1) is 11.6 Å². The number of hydrogen-bond donors (Lipinski definition) is 1. The fourth-order valence-corrected chi connectivity index (χ4v) is 2.09. The molecule has 1 unspecified atom stereocenters. The number of nitrogens with one attached hydrogen (secondary N) is 1. The molecule has 0 aromatic heterocycles. The van der Waals surface area contributed by atoms with E-state index in [1.807, 2.05) is 6.07 Å². The molecule has 128 valence electrons. The Kier molecular flexibility index (Phi) is 6.54. The zero-order valence-electron chi connectivity index (χ0n) is 13.4. The second kappa shape index (κ2) is 8.85. The molecule has 0 saturated heterocycles. The molecule has 0 radical (unpaired) electrons. The first kappa shape index (κ1) is 18.5. The van der Waals surface area contributed by atoms with Crippen molar-refractivity contribution >= 4 is 33.5 Å². The molecule has 2 rings (SSSR count). The molecule has 1 N–H and O–H groups in total. The number of carbonyl (C=O) groups excluding carboxylic acids is 2. The van der Waals surface area contributed by atoms with Crippen LogP contribution in [-0.2, 0) is 14.3 Å². The van der Waals surface area contributed by atoms with Gasteiger partial charge in [0.1, 0.15) is 5.75 Å². The van der Waals surface area contributed by atoms with Crippen molar-refractivity contribution in [2.75, 3.05) is 11.9 Å². The molecule has 2 aromatic rings. The third-order valence-corrected chi connectivity index (χ3v) is 3.66. The van der Waals surface area contributed by atoms with Gasteiger partial charge in [-0.05, 0) is 55.5 Å². The van der Waals surface area contributed by atoms with Crippen LogP contribution in [0.4, 0.5) is 5.69 Å². The SMILES string of the molecule is CC(OC(=O)COc1ccc(C#N)cc1)C(=O)Nc1ccc(Br)cc1. The summed E-state index contributed by atoms with van der Waals surface area (Å²) in [4.78, 5) is 23.8. The van der Waals surface area contributed by atoms with Crippen molar-refractivity contribution in [3.8, 4) is 11.8 Å². The first-order valence-electron chi connectivity index (χ1n) is 7.37. The van der Waals surface area contributed by atoms with Crippen molar-refractivity contribution in [1.29, 1.82) is 5.26 Å². The highest BCUT2D eigenvalue weighted by atomic mass is 79.9. The van der Waals surface area contributed by atoms with E-state index in [1.165, 1.54) is 6.92 Å². The second-order valence-electron chi connectivity index (χ2n) is 5.05. The Morgan fingerprint density at radius 1 is 1.16 bits per heavy atom. The average Bonchev–Trinajstić information content (AvgIpc) is 2.62. The first-order chi connectivity index (χ1) is 12.0. The van der Waals surface area contributed by atoms with E-state index in [2.05, 4.69) is 21.2 Å². The molecule has 0 heterocycles. The molecule has 1 amide bonds. The van der Waals surface area contributed by atoms with E-state index < -0.39 is 18.0 Å². The number of carbonyl (C=O) groups is 2. The lowest BCUT2D eigenvalue weighted by Crippen LogP contribution is -2.31. The maximum Gasteiger partial charge on any atom is 0.344 e. The lowest BCUT2D eigenvalue weighted by molar-refractivity contribution is -0.155. The number of benzene rings is 2. The van der Waals surface area contributed by atoms with E-state index in [-0.39, 0.29) is 6.61 Å². The number of rotatable bonds is 6. The smallest absolute Gasteiger partial charge is 0.344 e. The van der Waals surface area contributed by atoms with Gasteiger partial charge >= 0.3 is 5.97 Å². The van der Waals surface area contributed by atoms with Crippen LogP contribution in [0, 0.1) is 11.3 Å². The molecular weight excluding hydrogens is 388 g/mol. The predicted molar refractivity (Wildman–Crippen MR) is 95.0 cm³/mol. The summed E-state index contributed by atoms with van der Waals surface area (Å²) in [6.07, 6.45) is -0.958. The quantitative estimate of drug-likeness (QED) is 0.748. The van der Waals surface area contributed by atoms with Crippen LogP contribution >= 0.6 is 15.9 Å². The van der Waals surface area contributed by atoms with Gasteiger partial charge in [0.2, 0.25) is 0 Å². The number of amides is 1. The van der Waals surface area contributed by atoms with Crippen LogP contribution in [0.15, 0.2) is 53.0 Å². The molecule has 0 saturated carbocycles. The Balaban J connectivity index is 1.79. The van der Waals surface area contributed by atoms with Crippen LogP contribution in [0.2, 0.25) is 0 Å². The van der Waals surface area contributed by atoms with Gasteiger partial charge in [0.25, 0.3) is 5.91 Å². The molecule has 25 heavy (non-hydrogen) atoms. The summed E-state index contributed by atoms with van der Waals surface area (Å²) in [5, 5.41) is 11.4. The number of hydrogen-bond acceptors (Lipinski definition) is 5. The minimum atomic E-state index is -0.958. The number of esters is 1. The van der Waals surface area contributed by atoms with Crippen molar-refractivity contribution in [2.45, 2.75) is 13.0 Å². The summed E-state index contributed by atoms with van der Waals surface area (Å²) in [5.74, 6) is -0.667. The topological polar surface area (TPSA) is 88.4 Å². The molecular formula is C18H15BrN2O4. The molecule has 2 aromatic carbocycles. The molecule has 0 spiro atoms. The van der Waals surface area contributed by atoms with Gasteiger partial charge in [-0.15, -0.1) is 0 Å². The van der Waals surface area contributed by atoms with Gasteiger partial charge in [-0.1, -0.05) is 15.9 Å². The largest absolute Gasteiger partial charge is 0.482 e. The second-order valence-corrected chi connectivity index (χ2v) is 5.97. The van der Waals surface area contributed by atoms with Crippen LogP contribution in [0.3, 0.4) is 0 Å².